The standard InChI is InChI=1S/C22H24ClNO2/c1-2-25-13-14-26-22-12-11-17-7-3-5-9-19(17)20(22)16-24-15-18-8-4-6-10-21(18)23/h3-12,24H,2,13-16H2,1H3. The first kappa shape index (κ1) is 18.7. The Morgan fingerprint density at radius 3 is 2.54 bits per heavy atom. The molecule has 3 rings (SSSR count). The predicted molar refractivity (Wildman–Crippen MR) is 108 cm³/mol. The predicted octanol–water partition coefficient (Wildman–Crippen LogP) is 5.20. The number of fused-ring (bicyclic) bond motifs is 1. The molecule has 0 saturated carbocycles. The Hall–Kier alpha value is -2.07. The normalized spacial score (nSPS) is 11.0. The Morgan fingerprint density at radius 2 is 1.69 bits per heavy atom. The zero-order chi connectivity index (χ0) is 18.2. The first-order chi connectivity index (χ1) is 12.8. The molecular formula is C22H24ClNO2. The topological polar surface area (TPSA) is 30.5 Å². The van der Waals surface area contributed by atoms with Gasteiger partial charge in [0.15, 0.2) is 0 Å². The molecule has 0 heterocycles. The third-order valence-corrected chi connectivity index (χ3v) is 4.63. The van der Waals surface area contributed by atoms with Crippen molar-refractivity contribution in [1.29, 1.82) is 0 Å². The Kier molecular flexibility index (Phi) is 6.89. The lowest BCUT2D eigenvalue weighted by Gasteiger charge is -2.15. The van der Waals surface area contributed by atoms with Crippen LogP contribution in [0, 0.1) is 0 Å². The molecule has 0 atom stereocenters. The highest BCUT2D eigenvalue weighted by molar-refractivity contribution is 6.31. The molecule has 0 unspecified atom stereocenters. The average molecular weight is 370 g/mol. The van der Waals surface area contributed by atoms with Crippen molar-refractivity contribution in [3.63, 3.8) is 0 Å². The van der Waals surface area contributed by atoms with Gasteiger partial charge in [-0.05, 0) is 35.4 Å². The summed E-state index contributed by atoms with van der Waals surface area (Å²) in [5, 5.41) is 6.69. The van der Waals surface area contributed by atoms with E-state index in [1.54, 1.807) is 0 Å². The lowest BCUT2D eigenvalue weighted by molar-refractivity contribution is 0.110. The molecule has 3 aromatic carbocycles. The SMILES string of the molecule is CCOCCOc1ccc2ccccc2c1CNCc1ccccc1Cl. The molecule has 0 aromatic heterocycles. The number of ether oxygens (including phenoxy) is 2. The molecule has 136 valence electrons. The van der Waals surface area contributed by atoms with E-state index in [0.717, 1.165) is 21.9 Å². The summed E-state index contributed by atoms with van der Waals surface area (Å²) in [6.07, 6.45) is 0. The molecule has 0 saturated heterocycles. The van der Waals surface area contributed by atoms with Crippen LogP contribution in [-0.4, -0.2) is 19.8 Å². The number of hydrogen-bond donors (Lipinski definition) is 1. The second-order valence-electron chi connectivity index (χ2n) is 6.00. The van der Waals surface area contributed by atoms with Crippen LogP contribution >= 0.6 is 11.6 Å². The van der Waals surface area contributed by atoms with Gasteiger partial charge in [0, 0.05) is 30.3 Å². The van der Waals surface area contributed by atoms with Crippen LogP contribution in [0.25, 0.3) is 10.8 Å². The molecule has 4 heteroatoms. The molecule has 0 bridgehead atoms. The van der Waals surface area contributed by atoms with Crippen LogP contribution in [0.1, 0.15) is 18.1 Å². The maximum absolute atomic E-state index is 6.25. The molecule has 0 spiro atoms. The minimum atomic E-state index is 0.545. The van der Waals surface area contributed by atoms with Crippen LogP contribution in [0.3, 0.4) is 0 Å². The van der Waals surface area contributed by atoms with E-state index in [2.05, 4.69) is 35.6 Å². The van der Waals surface area contributed by atoms with E-state index in [0.29, 0.717) is 32.9 Å². The monoisotopic (exact) mass is 369 g/mol. The second kappa shape index (κ2) is 9.58. The molecule has 3 nitrogen and oxygen atoms in total. The van der Waals surface area contributed by atoms with Gasteiger partial charge in [-0.15, -0.1) is 0 Å². The second-order valence-corrected chi connectivity index (χ2v) is 6.41. The largest absolute Gasteiger partial charge is 0.491 e. The van der Waals surface area contributed by atoms with Gasteiger partial charge in [0.2, 0.25) is 0 Å². The molecule has 0 aliphatic carbocycles. The quantitative estimate of drug-likeness (QED) is 0.526. The lowest BCUT2D eigenvalue weighted by Crippen LogP contribution is -2.15. The van der Waals surface area contributed by atoms with Crippen LogP contribution in [0.15, 0.2) is 60.7 Å². The van der Waals surface area contributed by atoms with E-state index in [1.807, 2.05) is 37.3 Å². The Labute approximate surface area is 159 Å². The third kappa shape index (κ3) is 4.76. The van der Waals surface area contributed by atoms with Gasteiger partial charge in [-0.25, -0.2) is 0 Å². The van der Waals surface area contributed by atoms with Gasteiger partial charge in [0.1, 0.15) is 12.4 Å². The van der Waals surface area contributed by atoms with Crippen molar-refractivity contribution in [3.05, 3.63) is 76.8 Å². The Bertz CT molecular complexity index is 850. The first-order valence-corrected chi connectivity index (χ1v) is 9.32. The highest BCUT2D eigenvalue weighted by Crippen LogP contribution is 2.28. The molecule has 3 aromatic rings. The van der Waals surface area contributed by atoms with E-state index >= 15 is 0 Å². The van der Waals surface area contributed by atoms with Crippen molar-refractivity contribution in [1.82, 2.24) is 5.32 Å². The minimum Gasteiger partial charge on any atom is -0.491 e. The highest BCUT2D eigenvalue weighted by Gasteiger charge is 2.09. The number of nitrogens with one attached hydrogen (secondary N) is 1. The smallest absolute Gasteiger partial charge is 0.124 e. The van der Waals surface area contributed by atoms with Gasteiger partial charge >= 0.3 is 0 Å². The van der Waals surface area contributed by atoms with Crippen molar-refractivity contribution in [2.45, 2.75) is 20.0 Å². The summed E-state index contributed by atoms with van der Waals surface area (Å²) >= 11 is 6.25. The van der Waals surface area contributed by atoms with E-state index in [9.17, 15) is 0 Å². The van der Waals surface area contributed by atoms with Gasteiger partial charge in [0.05, 0.1) is 6.61 Å². The highest BCUT2D eigenvalue weighted by atomic mass is 35.5. The van der Waals surface area contributed by atoms with Gasteiger partial charge in [-0.2, -0.15) is 0 Å². The van der Waals surface area contributed by atoms with Gasteiger partial charge in [-0.1, -0.05) is 60.1 Å². The third-order valence-electron chi connectivity index (χ3n) is 4.26. The van der Waals surface area contributed by atoms with Gasteiger partial charge in [-0.3, -0.25) is 0 Å². The summed E-state index contributed by atoms with van der Waals surface area (Å²) in [7, 11) is 0. The van der Waals surface area contributed by atoms with Gasteiger partial charge < -0.3 is 14.8 Å². The van der Waals surface area contributed by atoms with Crippen molar-refractivity contribution in [2.75, 3.05) is 19.8 Å². The molecule has 0 amide bonds. The minimum absolute atomic E-state index is 0.545. The fourth-order valence-electron chi connectivity index (χ4n) is 2.95. The maximum atomic E-state index is 6.25. The van der Waals surface area contributed by atoms with Crippen LogP contribution < -0.4 is 10.1 Å². The average Bonchev–Trinajstić information content (AvgIpc) is 2.67. The number of halogens is 1. The summed E-state index contributed by atoms with van der Waals surface area (Å²) in [4.78, 5) is 0. The summed E-state index contributed by atoms with van der Waals surface area (Å²) in [6.45, 7) is 5.24. The van der Waals surface area contributed by atoms with E-state index in [4.69, 9.17) is 21.1 Å². The number of benzene rings is 3. The summed E-state index contributed by atoms with van der Waals surface area (Å²) in [5.41, 5.74) is 2.25. The summed E-state index contributed by atoms with van der Waals surface area (Å²) in [5.74, 6) is 0.898. The first-order valence-electron chi connectivity index (χ1n) is 8.95. The zero-order valence-corrected chi connectivity index (χ0v) is 15.8. The number of rotatable bonds is 9. The Morgan fingerprint density at radius 1 is 0.885 bits per heavy atom. The zero-order valence-electron chi connectivity index (χ0n) is 15.0. The molecule has 26 heavy (non-hydrogen) atoms. The van der Waals surface area contributed by atoms with Crippen LogP contribution in [0.4, 0.5) is 0 Å². The molecule has 0 fully saturated rings. The van der Waals surface area contributed by atoms with Crippen molar-refractivity contribution >= 4 is 22.4 Å². The molecule has 0 aliphatic rings. The van der Waals surface area contributed by atoms with Crippen molar-refractivity contribution in [3.8, 4) is 5.75 Å². The van der Waals surface area contributed by atoms with E-state index in [1.165, 1.54) is 10.8 Å². The van der Waals surface area contributed by atoms with Crippen LogP contribution in [0.2, 0.25) is 5.02 Å². The lowest BCUT2D eigenvalue weighted by atomic mass is 10.0. The molecule has 0 aliphatic heterocycles. The fourth-order valence-corrected chi connectivity index (χ4v) is 3.15. The van der Waals surface area contributed by atoms with Gasteiger partial charge in [0.25, 0.3) is 0 Å². The summed E-state index contributed by atoms with van der Waals surface area (Å²) in [6, 6.07) is 20.4. The molecule has 0 radical (unpaired) electrons. The number of hydrogen-bond acceptors (Lipinski definition) is 3. The van der Waals surface area contributed by atoms with Crippen molar-refractivity contribution < 1.29 is 9.47 Å². The van der Waals surface area contributed by atoms with E-state index in [-0.39, 0.29) is 0 Å². The van der Waals surface area contributed by atoms with E-state index < -0.39 is 0 Å². The Balaban J connectivity index is 1.76. The fraction of sp³-hybridized carbons (Fsp3) is 0.273. The van der Waals surface area contributed by atoms with Crippen molar-refractivity contribution in [2.24, 2.45) is 0 Å². The summed E-state index contributed by atoms with van der Waals surface area (Å²) < 4.78 is 11.4. The van der Waals surface area contributed by atoms with Crippen LogP contribution in [-0.2, 0) is 17.8 Å². The molecule has 1 N–H and O–H groups in total. The molecular weight excluding hydrogens is 346 g/mol. The van der Waals surface area contributed by atoms with Crippen LogP contribution in [0.5, 0.6) is 5.75 Å². The maximum Gasteiger partial charge on any atom is 0.124 e.